The van der Waals surface area contributed by atoms with Crippen molar-refractivity contribution in [1.82, 2.24) is 5.32 Å². The number of hydrogen-bond donors (Lipinski definition) is 1. The maximum atomic E-state index is 5.24. The van der Waals surface area contributed by atoms with Gasteiger partial charge in [-0.3, -0.25) is 0 Å². The maximum Gasteiger partial charge on any atom is 0.119 e. The van der Waals surface area contributed by atoms with Crippen molar-refractivity contribution in [3.05, 3.63) is 54.1 Å². The summed E-state index contributed by atoms with van der Waals surface area (Å²) < 4.78 is 5.24. The van der Waals surface area contributed by atoms with Gasteiger partial charge in [0.25, 0.3) is 0 Å². The van der Waals surface area contributed by atoms with Gasteiger partial charge in [-0.1, -0.05) is 30.3 Å². The van der Waals surface area contributed by atoms with Crippen molar-refractivity contribution in [1.29, 1.82) is 0 Å². The monoisotopic (exact) mass is 227 g/mol. The molecule has 1 N–H and O–H groups in total. The summed E-state index contributed by atoms with van der Waals surface area (Å²) in [5, 5.41) is 3.16. The maximum absolute atomic E-state index is 5.24. The lowest BCUT2D eigenvalue weighted by molar-refractivity contribution is 0.415. The highest BCUT2D eigenvalue weighted by molar-refractivity contribution is 5.65. The van der Waals surface area contributed by atoms with Crippen LogP contribution >= 0.6 is 0 Å². The molecule has 0 atom stereocenters. The standard InChI is InChI=1S/C15H17NO/c1-16-11-12-5-3-6-13(9-12)14-7-4-8-15(10-14)17-2/h3-10,16H,11H2,1-2H3. The number of ether oxygens (including phenoxy) is 1. The summed E-state index contributed by atoms with van der Waals surface area (Å²) in [4.78, 5) is 0. The molecule has 2 aromatic rings. The molecular weight excluding hydrogens is 210 g/mol. The average Bonchev–Trinajstić information content (AvgIpc) is 2.40. The Balaban J connectivity index is 2.34. The zero-order valence-electron chi connectivity index (χ0n) is 10.2. The van der Waals surface area contributed by atoms with E-state index in [0.717, 1.165) is 12.3 Å². The highest BCUT2D eigenvalue weighted by atomic mass is 16.5. The molecule has 2 nitrogen and oxygen atoms in total. The van der Waals surface area contributed by atoms with Gasteiger partial charge in [0.15, 0.2) is 0 Å². The van der Waals surface area contributed by atoms with Gasteiger partial charge in [-0.2, -0.15) is 0 Å². The van der Waals surface area contributed by atoms with Crippen LogP contribution in [0.25, 0.3) is 11.1 Å². The zero-order chi connectivity index (χ0) is 12.1. The molecule has 17 heavy (non-hydrogen) atoms. The molecule has 0 unspecified atom stereocenters. The van der Waals surface area contributed by atoms with E-state index in [2.05, 4.69) is 41.7 Å². The van der Waals surface area contributed by atoms with Gasteiger partial charge >= 0.3 is 0 Å². The molecule has 2 aromatic carbocycles. The van der Waals surface area contributed by atoms with Crippen molar-refractivity contribution in [2.24, 2.45) is 0 Å². The number of benzene rings is 2. The summed E-state index contributed by atoms with van der Waals surface area (Å²) >= 11 is 0. The van der Waals surface area contributed by atoms with Crippen molar-refractivity contribution >= 4 is 0 Å². The minimum absolute atomic E-state index is 0.887. The van der Waals surface area contributed by atoms with Crippen LogP contribution in [0.5, 0.6) is 5.75 Å². The van der Waals surface area contributed by atoms with Crippen LogP contribution in [0, 0.1) is 0 Å². The Morgan fingerprint density at radius 3 is 2.41 bits per heavy atom. The first-order valence-electron chi connectivity index (χ1n) is 5.71. The lowest BCUT2D eigenvalue weighted by Crippen LogP contribution is -2.04. The first kappa shape index (κ1) is 11.7. The second-order valence-corrected chi connectivity index (χ2v) is 3.96. The van der Waals surface area contributed by atoms with Gasteiger partial charge in [-0.15, -0.1) is 0 Å². The summed E-state index contributed by atoms with van der Waals surface area (Å²) in [6.07, 6.45) is 0. The van der Waals surface area contributed by atoms with Crippen molar-refractivity contribution in [3.8, 4) is 16.9 Å². The van der Waals surface area contributed by atoms with E-state index in [4.69, 9.17) is 4.74 Å². The largest absolute Gasteiger partial charge is 0.497 e. The van der Waals surface area contributed by atoms with E-state index < -0.39 is 0 Å². The molecule has 0 saturated carbocycles. The SMILES string of the molecule is CNCc1cccc(-c2cccc(OC)c2)c1. The molecule has 0 aliphatic carbocycles. The van der Waals surface area contributed by atoms with Crippen LogP contribution in [0.3, 0.4) is 0 Å². The van der Waals surface area contributed by atoms with Gasteiger partial charge in [0.1, 0.15) is 5.75 Å². The summed E-state index contributed by atoms with van der Waals surface area (Å²) in [6.45, 7) is 0.887. The molecule has 0 saturated heterocycles. The molecule has 2 rings (SSSR count). The molecule has 0 aliphatic rings. The van der Waals surface area contributed by atoms with Crippen molar-refractivity contribution in [2.45, 2.75) is 6.54 Å². The van der Waals surface area contributed by atoms with Crippen molar-refractivity contribution < 1.29 is 4.74 Å². The first-order chi connectivity index (χ1) is 8.33. The third-order valence-corrected chi connectivity index (χ3v) is 2.71. The molecule has 0 heterocycles. The average molecular weight is 227 g/mol. The number of rotatable bonds is 4. The van der Waals surface area contributed by atoms with Gasteiger partial charge in [0.2, 0.25) is 0 Å². The summed E-state index contributed by atoms with van der Waals surface area (Å²) in [5.41, 5.74) is 3.69. The van der Waals surface area contributed by atoms with E-state index >= 15 is 0 Å². The Bertz CT molecular complexity index is 494. The topological polar surface area (TPSA) is 21.3 Å². The minimum atomic E-state index is 0.887. The van der Waals surface area contributed by atoms with E-state index in [1.54, 1.807) is 7.11 Å². The highest BCUT2D eigenvalue weighted by Crippen LogP contribution is 2.24. The Morgan fingerprint density at radius 2 is 1.71 bits per heavy atom. The van der Waals surface area contributed by atoms with Crippen LogP contribution in [0.15, 0.2) is 48.5 Å². The number of hydrogen-bond acceptors (Lipinski definition) is 2. The molecule has 88 valence electrons. The number of nitrogens with one attached hydrogen (secondary N) is 1. The summed E-state index contributed by atoms with van der Waals surface area (Å²) in [5.74, 6) is 0.890. The molecule has 0 amide bonds. The van der Waals surface area contributed by atoms with E-state index in [0.29, 0.717) is 0 Å². The summed E-state index contributed by atoms with van der Waals surface area (Å²) in [7, 11) is 3.65. The predicted molar refractivity (Wildman–Crippen MR) is 71.2 cm³/mol. The van der Waals surface area contributed by atoms with Gasteiger partial charge in [0.05, 0.1) is 7.11 Å². The van der Waals surface area contributed by atoms with Gasteiger partial charge < -0.3 is 10.1 Å². The van der Waals surface area contributed by atoms with Gasteiger partial charge in [0, 0.05) is 6.54 Å². The van der Waals surface area contributed by atoms with Crippen LogP contribution in [0.2, 0.25) is 0 Å². The van der Waals surface area contributed by atoms with Crippen molar-refractivity contribution in [2.75, 3.05) is 14.2 Å². The quantitative estimate of drug-likeness (QED) is 0.866. The predicted octanol–water partition coefficient (Wildman–Crippen LogP) is 3.08. The zero-order valence-corrected chi connectivity index (χ0v) is 10.2. The third kappa shape index (κ3) is 2.86. The van der Waals surface area contributed by atoms with E-state index in [1.807, 2.05) is 19.2 Å². The van der Waals surface area contributed by atoms with Crippen molar-refractivity contribution in [3.63, 3.8) is 0 Å². The second kappa shape index (κ2) is 5.51. The Kier molecular flexibility index (Phi) is 3.78. The van der Waals surface area contributed by atoms with E-state index in [-0.39, 0.29) is 0 Å². The molecule has 0 fully saturated rings. The first-order valence-corrected chi connectivity index (χ1v) is 5.71. The molecule has 0 spiro atoms. The molecule has 0 aromatic heterocycles. The molecule has 2 heteroatoms. The fraction of sp³-hybridized carbons (Fsp3) is 0.200. The Morgan fingerprint density at radius 1 is 1.00 bits per heavy atom. The number of methoxy groups -OCH3 is 1. The lowest BCUT2D eigenvalue weighted by atomic mass is 10.0. The van der Waals surface area contributed by atoms with Crippen LogP contribution in [-0.4, -0.2) is 14.2 Å². The Hall–Kier alpha value is -1.80. The van der Waals surface area contributed by atoms with Crippen LogP contribution in [-0.2, 0) is 6.54 Å². The molecular formula is C15H17NO. The minimum Gasteiger partial charge on any atom is -0.497 e. The van der Waals surface area contributed by atoms with E-state index in [1.165, 1.54) is 16.7 Å². The lowest BCUT2D eigenvalue weighted by Gasteiger charge is -2.07. The van der Waals surface area contributed by atoms with Gasteiger partial charge in [-0.05, 0) is 41.9 Å². The van der Waals surface area contributed by atoms with Crippen LogP contribution in [0.1, 0.15) is 5.56 Å². The molecule has 0 radical (unpaired) electrons. The summed E-state index contributed by atoms with van der Waals surface area (Å²) in [6, 6.07) is 16.7. The van der Waals surface area contributed by atoms with Gasteiger partial charge in [-0.25, -0.2) is 0 Å². The molecule has 0 aliphatic heterocycles. The Labute approximate surface area is 102 Å². The normalized spacial score (nSPS) is 10.2. The highest BCUT2D eigenvalue weighted by Gasteiger charge is 2.00. The van der Waals surface area contributed by atoms with Crippen LogP contribution in [0.4, 0.5) is 0 Å². The molecule has 0 bridgehead atoms. The van der Waals surface area contributed by atoms with E-state index in [9.17, 15) is 0 Å². The smallest absolute Gasteiger partial charge is 0.119 e. The fourth-order valence-electron chi connectivity index (χ4n) is 1.87. The van der Waals surface area contributed by atoms with Crippen LogP contribution < -0.4 is 10.1 Å². The fourth-order valence-corrected chi connectivity index (χ4v) is 1.87. The third-order valence-electron chi connectivity index (χ3n) is 2.71. The second-order valence-electron chi connectivity index (χ2n) is 3.96.